The SMILES string of the molecule is C[C@@H](NC(=O)Cn1[nH]c(=O)c2ccccc2c1=O)[C@H]1CCCO1. The topological polar surface area (TPSA) is 93.2 Å². The molecule has 0 saturated carbocycles. The molecule has 0 radical (unpaired) electrons. The van der Waals surface area contributed by atoms with Crippen LogP contribution in [0.2, 0.25) is 0 Å². The van der Waals surface area contributed by atoms with Crippen molar-refractivity contribution >= 4 is 16.7 Å². The van der Waals surface area contributed by atoms with E-state index in [0.29, 0.717) is 17.4 Å². The molecule has 1 aliphatic rings. The summed E-state index contributed by atoms with van der Waals surface area (Å²) in [6.45, 7) is 2.36. The van der Waals surface area contributed by atoms with Crippen LogP contribution in [-0.4, -0.2) is 34.4 Å². The van der Waals surface area contributed by atoms with Gasteiger partial charge in [0.15, 0.2) is 0 Å². The highest BCUT2D eigenvalue weighted by atomic mass is 16.5. The Morgan fingerprint density at radius 2 is 2.13 bits per heavy atom. The Labute approximate surface area is 132 Å². The van der Waals surface area contributed by atoms with E-state index in [2.05, 4.69) is 10.4 Å². The highest BCUT2D eigenvalue weighted by Gasteiger charge is 2.23. The van der Waals surface area contributed by atoms with Crippen LogP contribution < -0.4 is 16.4 Å². The van der Waals surface area contributed by atoms with Crippen LogP contribution in [0.4, 0.5) is 0 Å². The number of ether oxygens (including phenoxy) is 1. The van der Waals surface area contributed by atoms with Crippen molar-refractivity contribution in [2.24, 2.45) is 0 Å². The molecular formula is C16H19N3O4. The zero-order valence-electron chi connectivity index (χ0n) is 12.9. The van der Waals surface area contributed by atoms with E-state index in [1.165, 1.54) is 0 Å². The van der Waals surface area contributed by atoms with E-state index in [-0.39, 0.29) is 35.7 Å². The monoisotopic (exact) mass is 317 g/mol. The summed E-state index contributed by atoms with van der Waals surface area (Å²) < 4.78 is 6.57. The van der Waals surface area contributed by atoms with Crippen LogP contribution in [0.3, 0.4) is 0 Å². The first-order valence-corrected chi connectivity index (χ1v) is 7.69. The Balaban J connectivity index is 1.78. The quantitative estimate of drug-likeness (QED) is 0.852. The molecular weight excluding hydrogens is 298 g/mol. The summed E-state index contributed by atoms with van der Waals surface area (Å²) in [5.74, 6) is -0.332. The number of carbonyl (C=O) groups is 1. The van der Waals surface area contributed by atoms with E-state index in [1.807, 2.05) is 6.92 Å². The van der Waals surface area contributed by atoms with Crippen LogP contribution in [0, 0.1) is 0 Å². The fraction of sp³-hybridized carbons (Fsp3) is 0.438. The van der Waals surface area contributed by atoms with E-state index < -0.39 is 0 Å². The van der Waals surface area contributed by atoms with Gasteiger partial charge in [0.05, 0.1) is 22.9 Å². The number of aromatic nitrogens is 2. The first-order chi connectivity index (χ1) is 11.1. The number of fused-ring (bicyclic) bond motifs is 1. The standard InChI is InChI=1S/C16H19N3O4/c1-10(13-7-4-8-23-13)17-14(20)9-19-16(22)12-6-3-2-5-11(12)15(21)18-19/h2-3,5-6,10,13H,4,7-9H2,1H3,(H,17,20)(H,18,21)/t10-,13-/m1/s1. The minimum Gasteiger partial charge on any atom is -0.376 e. The molecule has 0 aliphatic carbocycles. The van der Waals surface area contributed by atoms with Gasteiger partial charge in [0.2, 0.25) is 5.91 Å². The van der Waals surface area contributed by atoms with E-state index in [4.69, 9.17) is 4.74 Å². The summed E-state index contributed by atoms with van der Waals surface area (Å²) in [4.78, 5) is 36.5. The number of hydrogen-bond acceptors (Lipinski definition) is 4. The van der Waals surface area contributed by atoms with E-state index >= 15 is 0 Å². The van der Waals surface area contributed by atoms with E-state index in [0.717, 1.165) is 17.5 Å². The molecule has 1 aliphatic heterocycles. The van der Waals surface area contributed by atoms with Crippen molar-refractivity contribution in [1.29, 1.82) is 0 Å². The van der Waals surface area contributed by atoms with E-state index in [1.54, 1.807) is 24.3 Å². The normalized spacial score (nSPS) is 18.9. The molecule has 2 aromatic rings. The van der Waals surface area contributed by atoms with Crippen molar-refractivity contribution in [2.75, 3.05) is 6.61 Å². The molecule has 1 saturated heterocycles. The number of nitrogens with one attached hydrogen (secondary N) is 2. The third-order valence-corrected chi connectivity index (χ3v) is 4.10. The Hall–Kier alpha value is -2.41. The zero-order valence-corrected chi connectivity index (χ0v) is 12.9. The number of aromatic amines is 1. The lowest BCUT2D eigenvalue weighted by Gasteiger charge is -2.20. The van der Waals surface area contributed by atoms with E-state index in [9.17, 15) is 14.4 Å². The summed E-state index contributed by atoms with van der Waals surface area (Å²) in [7, 11) is 0. The van der Waals surface area contributed by atoms with Crippen molar-refractivity contribution < 1.29 is 9.53 Å². The Morgan fingerprint density at radius 3 is 2.83 bits per heavy atom. The predicted molar refractivity (Wildman–Crippen MR) is 85.4 cm³/mol. The van der Waals surface area contributed by atoms with Gasteiger partial charge >= 0.3 is 0 Å². The summed E-state index contributed by atoms with van der Waals surface area (Å²) in [5.41, 5.74) is -0.778. The summed E-state index contributed by atoms with van der Waals surface area (Å²) in [6.07, 6.45) is 1.91. The molecule has 2 heterocycles. The van der Waals surface area contributed by atoms with Gasteiger partial charge in [0, 0.05) is 6.61 Å². The molecule has 122 valence electrons. The average Bonchev–Trinajstić information content (AvgIpc) is 3.07. The highest BCUT2D eigenvalue weighted by molar-refractivity contribution is 5.81. The molecule has 1 aromatic carbocycles. The average molecular weight is 317 g/mol. The predicted octanol–water partition coefficient (Wildman–Crippen LogP) is 0.373. The first kappa shape index (κ1) is 15.5. The van der Waals surface area contributed by atoms with Crippen LogP contribution in [-0.2, 0) is 16.1 Å². The van der Waals surface area contributed by atoms with Crippen LogP contribution in [0.5, 0.6) is 0 Å². The zero-order chi connectivity index (χ0) is 16.4. The third-order valence-electron chi connectivity index (χ3n) is 4.10. The second-order valence-corrected chi connectivity index (χ2v) is 5.79. The summed E-state index contributed by atoms with van der Waals surface area (Å²) >= 11 is 0. The number of benzene rings is 1. The number of rotatable bonds is 4. The van der Waals surface area contributed by atoms with Gasteiger partial charge in [0.25, 0.3) is 11.1 Å². The van der Waals surface area contributed by atoms with Crippen LogP contribution >= 0.6 is 0 Å². The molecule has 7 nitrogen and oxygen atoms in total. The summed E-state index contributed by atoms with van der Waals surface area (Å²) in [6, 6.07) is 6.41. The summed E-state index contributed by atoms with van der Waals surface area (Å²) in [5, 5.41) is 5.89. The second-order valence-electron chi connectivity index (χ2n) is 5.79. The molecule has 7 heteroatoms. The largest absolute Gasteiger partial charge is 0.376 e. The van der Waals surface area contributed by atoms with Crippen LogP contribution in [0.25, 0.3) is 10.8 Å². The highest BCUT2D eigenvalue weighted by Crippen LogP contribution is 2.15. The lowest BCUT2D eigenvalue weighted by atomic mass is 10.1. The molecule has 0 spiro atoms. The van der Waals surface area contributed by atoms with Crippen molar-refractivity contribution in [2.45, 2.75) is 38.5 Å². The number of amides is 1. The smallest absolute Gasteiger partial charge is 0.273 e. The minimum absolute atomic E-state index is 0.00586. The maximum Gasteiger partial charge on any atom is 0.273 e. The lowest BCUT2D eigenvalue weighted by Crippen LogP contribution is -2.44. The van der Waals surface area contributed by atoms with Crippen molar-refractivity contribution in [1.82, 2.24) is 15.1 Å². The van der Waals surface area contributed by atoms with Gasteiger partial charge in [-0.25, -0.2) is 4.68 Å². The van der Waals surface area contributed by atoms with Gasteiger partial charge < -0.3 is 10.1 Å². The molecule has 23 heavy (non-hydrogen) atoms. The lowest BCUT2D eigenvalue weighted by molar-refractivity contribution is -0.123. The van der Waals surface area contributed by atoms with Gasteiger partial charge in [-0.3, -0.25) is 19.5 Å². The molecule has 2 atom stereocenters. The van der Waals surface area contributed by atoms with Gasteiger partial charge in [-0.2, -0.15) is 0 Å². The van der Waals surface area contributed by atoms with Crippen LogP contribution in [0.1, 0.15) is 19.8 Å². The number of hydrogen-bond donors (Lipinski definition) is 2. The van der Waals surface area contributed by atoms with Gasteiger partial charge in [-0.15, -0.1) is 0 Å². The third kappa shape index (κ3) is 3.19. The second kappa shape index (κ2) is 6.37. The van der Waals surface area contributed by atoms with Gasteiger partial charge in [0.1, 0.15) is 6.54 Å². The number of carbonyl (C=O) groups excluding carboxylic acids is 1. The van der Waals surface area contributed by atoms with Crippen LogP contribution in [0.15, 0.2) is 33.9 Å². The molecule has 0 bridgehead atoms. The molecule has 3 rings (SSSR count). The molecule has 1 aromatic heterocycles. The van der Waals surface area contributed by atoms with Crippen molar-refractivity contribution in [3.8, 4) is 0 Å². The van der Waals surface area contributed by atoms with Crippen molar-refractivity contribution in [3.05, 3.63) is 45.0 Å². The Kier molecular flexibility index (Phi) is 4.29. The maximum absolute atomic E-state index is 12.3. The van der Waals surface area contributed by atoms with Gasteiger partial charge in [-0.1, -0.05) is 12.1 Å². The fourth-order valence-electron chi connectivity index (χ4n) is 2.89. The van der Waals surface area contributed by atoms with Crippen molar-refractivity contribution in [3.63, 3.8) is 0 Å². The Morgan fingerprint density at radius 1 is 1.39 bits per heavy atom. The molecule has 0 unspecified atom stereocenters. The fourth-order valence-corrected chi connectivity index (χ4v) is 2.89. The Bertz CT molecular complexity index is 833. The molecule has 2 N–H and O–H groups in total. The maximum atomic E-state index is 12.3. The minimum atomic E-state index is -0.389. The van der Waals surface area contributed by atoms with Gasteiger partial charge in [-0.05, 0) is 31.9 Å². The molecule has 1 fully saturated rings. The number of nitrogens with zero attached hydrogens (tertiary/aromatic N) is 1. The molecule has 1 amide bonds. The number of H-pyrrole nitrogens is 1. The first-order valence-electron chi connectivity index (χ1n) is 7.69.